The lowest BCUT2D eigenvalue weighted by atomic mass is 10.3. The first-order valence-electron chi connectivity index (χ1n) is 6.05. The molecule has 2 nitrogen and oxygen atoms in total. The first-order valence-corrected chi connectivity index (χ1v) is 6.05. The molecular weight excluding hydrogens is 224 g/mol. The summed E-state index contributed by atoms with van der Waals surface area (Å²) in [5, 5.41) is 0. The molecule has 0 heterocycles. The average Bonchev–Trinajstić information content (AvgIpc) is 2.51. The summed E-state index contributed by atoms with van der Waals surface area (Å²) in [7, 11) is 3.27. The maximum Gasteiger partial charge on any atom is 0.122 e. The molecule has 0 radical (unpaired) electrons. The second kappa shape index (κ2) is 11.5. The predicted octanol–water partition coefficient (Wildman–Crippen LogP) is 4.42. The van der Waals surface area contributed by atoms with Gasteiger partial charge in [0.05, 0.1) is 14.2 Å². The molecule has 0 spiro atoms. The van der Waals surface area contributed by atoms with Gasteiger partial charge in [-0.2, -0.15) is 0 Å². The molecule has 0 unspecified atom stereocenters. The fourth-order valence-corrected chi connectivity index (χ4v) is 1.11. The van der Waals surface area contributed by atoms with Crippen LogP contribution in [0, 0.1) is 0 Å². The monoisotopic (exact) mass is 246 g/mol. The standard InChI is InChI=1S/C8H10O2.C6H6.C2H6/c1-9-7-4-3-5-8(6-7)10-2;1-2-4-6-5-3-1;1-2/h3-6H,1-2H3;1-6H;1-2H3. The van der Waals surface area contributed by atoms with Gasteiger partial charge in [-0.1, -0.05) is 56.3 Å². The fourth-order valence-electron chi connectivity index (χ4n) is 1.11. The van der Waals surface area contributed by atoms with Gasteiger partial charge in [0.25, 0.3) is 0 Å². The van der Waals surface area contributed by atoms with Gasteiger partial charge < -0.3 is 9.47 Å². The van der Waals surface area contributed by atoms with E-state index in [9.17, 15) is 0 Å². The highest BCUT2D eigenvalue weighted by Gasteiger charge is 1.91. The van der Waals surface area contributed by atoms with Crippen molar-refractivity contribution in [1.82, 2.24) is 0 Å². The van der Waals surface area contributed by atoms with Crippen LogP contribution in [0.15, 0.2) is 60.7 Å². The van der Waals surface area contributed by atoms with Crippen molar-refractivity contribution < 1.29 is 9.47 Å². The minimum absolute atomic E-state index is 0.819. The summed E-state index contributed by atoms with van der Waals surface area (Å²) in [6, 6.07) is 19.5. The summed E-state index contributed by atoms with van der Waals surface area (Å²) in [6.45, 7) is 4.00. The second-order valence-corrected chi connectivity index (χ2v) is 3.04. The number of rotatable bonds is 2. The first kappa shape index (κ1) is 16.0. The highest BCUT2D eigenvalue weighted by molar-refractivity contribution is 5.32. The Hall–Kier alpha value is -1.96. The SMILES string of the molecule is CC.COc1cccc(OC)c1.c1ccccc1. The Labute approximate surface area is 110 Å². The largest absolute Gasteiger partial charge is 0.497 e. The van der Waals surface area contributed by atoms with Gasteiger partial charge in [0.2, 0.25) is 0 Å². The van der Waals surface area contributed by atoms with Gasteiger partial charge in [-0.25, -0.2) is 0 Å². The lowest BCUT2D eigenvalue weighted by Crippen LogP contribution is -1.84. The molecule has 0 N–H and O–H groups in total. The normalized spacial score (nSPS) is 8.00. The number of ether oxygens (including phenoxy) is 2. The molecule has 2 aromatic rings. The van der Waals surface area contributed by atoms with Crippen LogP contribution >= 0.6 is 0 Å². The van der Waals surface area contributed by atoms with Crippen molar-refractivity contribution in [2.45, 2.75) is 13.8 Å². The van der Waals surface area contributed by atoms with Crippen molar-refractivity contribution in [3.8, 4) is 11.5 Å². The number of methoxy groups -OCH3 is 2. The van der Waals surface area contributed by atoms with Gasteiger partial charge in [0.15, 0.2) is 0 Å². The van der Waals surface area contributed by atoms with E-state index < -0.39 is 0 Å². The number of benzene rings is 2. The van der Waals surface area contributed by atoms with E-state index in [1.807, 2.05) is 74.5 Å². The molecule has 0 fully saturated rings. The molecule has 2 aromatic carbocycles. The molecule has 0 aliphatic rings. The minimum Gasteiger partial charge on any atom is -0.497 e. The molecule has 0 atom stereocenters. The summed E-state index contributed by atoms with van der Waals surface area (Å²) in [4.78, 5) is 0. The van der Waals surface area contributed by atoms with Gasteiger partial charge in [0.1, 0.15) is 11.5 Å². The van der Waals surface area contributed by atoms with Crippen LogP contribution in [0.3, 0.4) is 0 Å². The summed E-state index contributed by atoms with van der Waals surface area (Å²) in [5.41, 5.74) is 0. The Kier molecular flexibility index (Phi) is 10.3. The van der Waals surface area contributed by atoms with Gasteiger partial charge in [0, 0.05) is 6.07 Å². The maximum atomic E-state index is 4.98. The second-order valence-electron chi connectivity index (χ2n) is 3.04. The molecule has 0 amide bonds. The highest BCUT2D eigenvalue weighted by Crippen LogP contribution is 2.17. The Morgan fingerprint density at radius 3 is 1.22 bits per heavy atom. The van der Waals surface area contributed by atoms with Crippen molar-refractivity contribution in [1.29, 1.82) is 0 Å². The lowest BCUT2D eigenvalue weighted by molar-refractivity contribution is 0.394. The smallest absolute Gasteiger partial charge is 0.122 e. The van der Waals surface area contributed by atoms with Crippen LogP contribution in [0.4, 0.5) is 0 Å². The van der Waals surface area contributed by atoms with E-state index in [0.29, 0.717) is 0 Å². The zero-order valence-corrected chi connectivity index (χ0v) is 11.6. The lowest BCUT2D eigenvalue weighted by Gasteiger charge is -2.01. The topological polar surface area (TPSA) is 18.5 Å². The van der Waals surface area contributed by atoms with E-state index >= 15 is 0 Å². The Morgan fingerprint density at radius 1 is 0.611 bits per heavy atom. The predicted molar refractivity (Wildman–Crippen MR) is 77.3 cm³/mol. The first-order chi connectivity index (χ1) is 8.86. The molecule has 2 heteroatoms. The molecule has 18 heavy (non-hydrogen) atoms. The summed E-state index contributed by atoms with van der Waals surface area (Å²) >= 11 is 0. The van der Waals surface area contributed by atoms with E-state index in [2.05, 4.69) is 0 Å². The molecular formula is C16H22O2. The van der Waals surface area contributed by atoms with Crippen LogP contribution in [0.1, 0.15) is 13.8 Å². The Balaban J connectivity index is 0.000000308. The molecule has 0 bridgehead atoms. The maximum absolute atomic E-state index is 4.98. The summed E-state index contributed by atoms with van der Waals surface area (Å²) in [6.07, 6.45) is 0. The van der Waals surface area contributed by atoms with Gasteiger partial charge >= 0.3 is 0 Å². The zero-order valence-electron chi connectivity index (χ0n) is 11.6. The quantitative estimate of drug-likeness (QED) is 0.781. The molecule has 98 valence electrons. The molecule has 2 rings (SSSR count). The van der Waals surface area contributed by atoms with E-state index in [4.69, 9.17) is 9.47 Å². The van der Waals surface area contributed by atoms with Crippen LogP contribution < -0.4 is 9.47 Å². The van der Waals surface area contributed by atoms with Crippen molar-refractivity contribution >= 4 is 0 Å². The van der Waals surface area contributed by atoms with Crippen LogP contribution in [0.2, 0.25) is 0 Å². The van der Waals surface area contributed by atoms with Gasteiger partial charge in [-0.05, 0) is 12.1 Å². The minimum atomic E-state index is 0.819. The van der Waals surface area contributed by atoms with Gasteiger partial charge in [-0.3, -0.25) is 0 Å². The molecule has 0 aromatic heterocycles. The molecule has 0 saturated heterocycles. The third kappa shape index (κ3) is 7.34. The summed E-state index contributed by atoms with van der Waals surface area (Å²) in [5.74, 6) is 1.64. The van der Waals surface area contributed by atoms with Gasteiger partial charge in [-0.15, -0.1) is 0 Å². The van der Waals surface area contributed by atoms with E-state index in [-0.39, 0.29) is 0 Å². The van der Waals surface area contributed by atoms with Crippen LogP contribution in [-0.2, 0) is 0 Å². The Bertz CT molecular complexity index is 339. The number of hydrogen-bond acceptors (Lipinski definition) is 2. The van der Waals surface area contributed by atoms with Crippen molar-refractivity contribution in [2.75, 3.05) is 14.2 Å². The molecule has 0 aliphatic carbocycles. The van der Waals surface area contributed by atoms with Crippen molar-refractivity contribution in [3.05, 3.63) is 60.7 Å². The molecule has 0 aliphatic heterocycles. The third-order valence-corrected chi connectivity index (χ3v) is 1.94. The fraction of sp³-hybridized carbons (Fsp3) is 0.250. The number of hydrogen-bond donors (Lipinski definition) is 0. The summed E-state index contributed by atoms with van der Waals surface area (Å²) < 4.78 is 9.95. The van der Waals surface area contributed by atoms with Crippen molar-refractivity contribution in [2.24, 2.45) is 0 Å². The van der Waals surface area contributed by atoms with E-state index in [0.717, 1.165) is 11.5 Å². The Morgan fingerprint density at radius 2 is 0.944 bits per heavy atom. The zero-order chi connectivity index (χ0) is 13.6. The van der Waals surface area contributed by atoms with E-state index in [1.165, 1.54) is 0 Å². The van der Waals surface area contributed by atoms with Crippen LogP contribution in [0.25, 0.3) is 0 Å². The van der Waals surface area contributed by atoms with Crippen LogP contribution in [-0.4, -0.2) is 14.2 Å². The van der Waals surface area contributed by atoms with Crippen molar-refractivity contribution in [3.63, 3.8) is 0 Å². The average molecular weight is 246 g/mol. The third-order valence-electron chi connectivity index (χ3n) is 1.94. The highest BCUT2D eigenvalue weighted by atomic mass is 16.5. The van der Waals surface area contributed by atoms with E-state index in [1.54, 1.807) is 14.2 Å². The van der Waals surface area contributed by atoms with Crippen LogP contribution in [0.5, 0.6) is 11.5 Å². The molecule has 0 saturated carbocycles.